The molecule has 4 N–H and O–H groups in total. The van der Waals surface area contributed by atoms with Crippen LogP contribution in [0.25, 0.3) is 0 Å². The molecule has 0 fully saturated rings. The van der Waals surface area contributed by atoms with Crippen LogP contribution in [-0.2, 0) is 10.0 Å². The van der Waals surface area contributed by atoms with Crippen LogP contribution in [0.1, 0.15) is 12.0 Å². The van der Waals surface area contributed by atoms with Crippen molar-refractivity contribution in [1.82, 2.24) is 14.7 Å². The molecule has 0 atom stereocenters. The summed E-state index contributed by atoms with van der Waals surface area (Å²) in [5, 5.41) is 3.07. The first-order valence-electron chi connectivity index (χ1n) is 5.16. The molecule has 96 valence electrons. The van der Waals surface area contributed by atoms with Crippen LogP contribution in [0, 0.1) is 6.92 Å². The topological polar surface area (TPSA) is 110 Å². The molecule has 0 saturated heterocycles. The molecular formula is C9H17N5O2S. The molecule has 0 aliphatic rings. The normalized spacial score (nSPS) is 11.4. The molecular weight excluding hydrogens is 242 g/mol. The Hall–Kier alpha value is -1.41. The summed E-state index contributed by atoms with van der Waals surface area (Å²) in [5.74, 6) is 0.893. The molecule has 7 nitrogen and oxygen atoms in total. The summed E-state index contributed by atoms with van der Waals surface area (Å²) in [7, 11) is -3.11. The molecule has 0 saturated carbocycles. The Morgan fingerprint density at radius 3 is 2.76 bits per heavy atom. The number of hydrogen-bond acceptors (Lipinski definition) is 6. The van der Waals surface area contributed by atoms with E-state index >= 15 is 0 Å². The van der Waals surface area contributed by atoms with Crippen molar-refractivity contribution >= 4 is 21.8 Å². The number of aryl methyl sites for hydroxylation is 1. The van der Waals surface area contributed by atoms with Crippen LogP contribution in [0.2, 0.25) is 0 Å². The zero-order chi connectivity index (χ0) is 12.9. The van der Waals surface area contributed by atoms with Gasteiger partial charge in [0.2, 0.25) is 16.0 Å². The number of anilines is 2. The average Bonchev–Trinajstić information content (AvgIpc) is 2.21. The van der Waals surface area contributed by atoms with Gasteiger partial charge in [0.25, 0.3) is 0 Å². The first-order chi connectivity index (χ1) is 7.88. The smallest absolute Gasteiger partial charge is 0.221 e. The van der Waals surface area contributed by atoms with Gasteiger partial charge in [0, 0.05) is 24.8 Å². The summed E-state index contributed by atoms with van der Waals surface area (Å²) in [6, 6.07) is 0. The fourth-order valence-corrected chi connectivity index (χ4v) is 1.70. The molecule has 1 heterocycles. The molecule has 0 radical (unpaired) electrons. The Kier molecular flexibility index (Phi) is 4.64. The van der Waals surface area contributed by atoms with Crippen LogP contribution < -0.4 is 15.8 Å². The Morgan fingerprint density at radius 2 is 2.12 bits per heavy atom. The molecule has 1 rings (SSSR count). The van der Waals surface area contributed by atoms with E-state index in [2.05, 4.69) is 20.0 Å². The SMILES string of the molecule is Cc1cnc(N)nc1NCCCNS(C)(=O)=O. The Morgan fingerprint density at radius 1 is 1.41 bits per heavy atom. The summed E-state index contributed by atoms with van der Waals surface area (Å²) in [6.45, 7) is 2.88. The van der Waals surface area contributed by atoms with E-state index in [-0.39, 0.29) is 5.95 Å². The quantitative estimate of drug-likeness (QED) is 0.606. The second-order valence-electron chi connectivity index (χ2n) is 3.71. The highest BCUT2D eigenvalue weighted by molar-refractivity contribution is 7.88. The lowest BCUT2D eigenvalue weighted by molar-refractivity contribution is 0.586. The van der Waals surface area contributed by atoms with Crippen LogP contribution in [-0.4, -0.2) is 37.7 Å². The number of rotatable bonds is 6. The summed E-state index contributed by atoms with van der Waals surface area (Å²) >= 11 is 0. The van der Waals surface area contributed by atoms with Gasteiger partial charge >= 0.3 is 0 Å². The van der Waals surface area contributed by atoms with Crippen molar-refractivity contribution in [3.8, 4) is 0 Å². The molecule has 1 aromatic heterocycles. The number of sulfonamides is 1. The van der Waals surface area contributed by atoms with Crippen molar-refractivity contribution in [2.24, 2.45) is 0 Å². The van der Waals surface area contributed by atoms with Gasteiger partial charge in [-0.2, -0.15) is 4.98 Å². The molecule has 0 amide bonds. The summed E-state index contributed by atoms with van der Waals surface area (Å²) in [6.07, 6.45) is 3.44. The van der Waals surface area contributed by atoms with Crippen molar-refractivity contribution in [2.45, 2.75) is 13.3 Å². The highest BCUT2D eigenvalue weighted by Gasteiger charge is 2.02. The van der Waals surface area contributed by atoms with Gasteiger partial charge in [-0.05, 0) is 13.3 Å². The maximum atomic E-state index is 10.8. The molecule has 0 spiro atoms. The zero-order valence-electron chi connectivity index (χ0n) is 9.90. The third-order valence-corrected chi connectivity index (χ3v) is 2.73. The molecule has 1 aromatic rings. The van der Waals surface area contributed by atoms with Crippen LogP contribution in [0.4, 0.5) is 11.8 Å². The summed E-state index contributed by atoms with van der Waals surface area (Å²) in [4.78, 5) is 7.89. The maximum Gasteiger partial charge on any atom is 0.221 e. The van der Waals surface area contributed by atoms with E-state index < -0.39 is 10.0 Å². The fraction of sp³-hybridized carbons (Fsp3) is 0.556. The highest BCUT2D eigenvalue weighted by Crippen LogP contribution is 2.10. The van der Waals surface area contributed by atoms with Crippen molar-refractivity contribution < 1.29 is 8.42 Å². The fourth-order valence-electron chi connectivity index (χ4n) is 1.19. The molecule has 0 bridgehead atoms. The van der Waals surface area contributed by atoms with Crippen molar-refractivity contribution in [2.75, 3.05) is 30.4 Å². The highest BCUT2D eigenvalue weighted by atomic mass is 32.2. The van der Waals surface area contributed by atoms with E-state index in [1.807, 2.05) is 6.92 Å². The minimum atomic E-state index is -3.11. The molecule has 8 heteroatoms. The van der Waals surface area contributed by atoms with Crippen LogP contribution in [0.5, 0.6) is 0 Å². The van der Waals surface area contributed by atoms with E-state index in [4.69, 9.17) is 5.73 Å². The monoisotopic (exact) mass is 259 g/mol. The average molecular weight is 259 g/mol. The predicted molar refractivity (Wildman–Crippen MR) is 67.1 cm³/mol. The van der Waals surface area contributed by atoms with Gasteiger partial charge in [-0.3, -0.25) is 0 Å². The van der Waals surface area contributed by atoms with Gasteiger partial charge in [-0.25, -0.2) is 18.1 Å². The van der Waals surface area contributed by atoms with Crippen LogP contribution >= 0.6 is 0 Å². The Labute approximate surface area is 101 Å². The number of hydrogen-bond donors (Lipinski definition) is 3. The molecule has 0 unspecified atom stereocenters. The van der Waals surface area contributed by atoms with E-state index in [1.165, 1.54) is 0 Å². The van der Waals surface area contributed by atoms with Crippen molar-refractivity contribution in [1.29, 1.82) is 0 Å². The lowest BCUT2D eigenvalue weighted by Gasteiger charge is -2.08. The Bertz CT molecular complexity index is 474. The zero-order valence-corrected chi connectivity index (χ0v) is 10.7. The van der Waals surface area contributed by atoms with Gasteiger partial charge in [0.1, 0.15) is 5.82 Å². The van der Waals surface area contributed by atoms with Gasteiger partial charge in [-0.1, -0.05) is 0 Å². The van der Waals surface area contributed by atoms with Crippen molar-refractivity contribution in [3.63, 3.8) is 0 Å². The first-order valence-corrected chi connectivity index (χ1v) is 7.05. The second kappa shape index (κ2) is 5.78. The molecule has 0 aromatic carbocycles. The third-order valence-electron chi connectivity index (χ3n) is 2.00. The summed E-state index contributed by atoms with van der Waals surface area (Å²) in [5.41, 5.74) is 6.36. The van der Waals surface area contributed by atoms with E-state index in [1.54, 1.807) is 6.20 Å². The van der Waals surface area contributed by atoms with Gasteiger partial charge in [-0.15, -0.1) is 0 Å². The molecule has 17 heavy (non-hydrogen) atoms. The number of nitrogens with one attached hydrogen (secondary N) is 2. The molecule has 0 aliphatic carbocycles. The largest absolute Gasteiger partial charge is 0.370 e. The minimum absolute atomic E-state index is 0.215. The van der Waals surface area contributed by atoms with Crippen molar-refractivity contribution in [3.05, 3.63) is 11.8 Å². The Balaban J connectivity index is 2.34. The van der Waals surface area contributed by atoms with Crippen LogP contribution in [0.3, 0.4) is 0 Å². The van der Waals surface area contributed by atoms with E-state index in [0.717, 1.165) is 11.8 Å². The van der Waals surface area contributed by atoms with Crippen LogP contribution in [0.15, 0.2) is 6.20 Å². The predicted octanol–water partition coefficient (Wildman–Crippen LogP) is -0.282. The number of nitrogens with two attached hydrogens (primary N) is 1. The number of nitrogens with zero attached hydrogens (tertiary/aromatic N) is 2. The maximum absolute atomic E-state index is 10.8. The first kappa shape index (κ1) is 13.7. The lowest BCUT2D eigenvalue weighted by atomic mass is 10.3. The van der Waals surface area contributed by atoms with Gasteiger partial charge in [0.05, 0.1) is 6.26 Å². The lowest BCUT2D eigenvalue weighted by Crippen LogP contribution is -2.24. The molecule has 0 aliphatic heterocycles. The van der Waals surface area contributed by atoms with Gasteiger partial charge < -0.3 is 11.1 Å². The third kappa shape index (κ3) is 5.45. The van der Waals surface area contributed by atoms with E-state index in [9.17, 15) is 8.42 Å². The second-order valence-corrected chi connectivity index (χ2v) is 5.54. The van der Waals surface area contributed by atoms with Gasteiger partial charge in [0.15, 0.2) is 0 Å². The standard InChI is InChI=1S/C9H17N5O2S/c1-7-6-12-9(10)14-8(7)11-4-3-5-13-17(2,15)16/h6,13H,3-5H2,1-2H3,(H3,10,11,12,14). The number of aromatic nitrogens is 2. The minimum Gasteiger partial charge on any atom is -0.370 e. The number of nitrogen functional groups attached to an aromatic ring is 1. The van der Waals surface area contributed by atoms with E-state index in [0.29, 0.717) is 25.3 Å². The summed E-state index contributed by atoms with van der Waals surface area (Å²) < 4.78 is 24.0.